The zero-order chi connectivity index (χ0) is 19.7. The number of pyridine rings is 1. The van der Waals surface area contributed by atoms with Gasteiger partial charge in [0.25, 0.3) is 5.91 Å². The minimum absolute atomic E-state index is 0.0196. The van der Waals surface area contributed by atoms with Crippen LogP contribution in [0, 0.1) is 5.92 Å². The van der Waals surface area contributed by atoms with E-state index in [9.17, 15) is 9.59 Å². The Hall–Kier alpha value is -3.15. The van der Waals surface area contributed by atoms with Crippen LogP contribution in [-0.4, -0.2) is 57.9 Å². The van der Waals surface area contributed by atoms with Crippen molar-refractivity contribution in [1.29, 1.82) is 0 Å². The third-order valence-electron chi connectivity index (χ3n) is 5.42. The fourth-order valence-corrected chi connectivity index (χ4v) is 3.92. The van der Waals surface area contributed by atoms with Gasteiger partial charge in [-0.2, -0.15) is 5.10 Å². The minimum Gasteiger partial charge on any atom is -0.343 e. The third-order valence-corrected chi connectivity index (χ3v) is 5.42. The highest BCUT2D eigenvalue weighted by Crippen LogP contribution is 2.25. The summed E-state index contributed by atoms with van der Waals surface area (Å²) < 4.78 is 1.84. The van der Waals surface area contributed by atoms with Crippen molar-refractivity contribution in [3.05, 3.63) is 60.4 Å². The van der Waals surface area contributed by atoms with Gasteiger partial charge < -0.3 is 9.80 Å². The molecule has 1 aliphatic rings. The highest BCUT2D eigenvalue weighted by molar-refractivity contribution is 5.95. The minimum atomic E-state index is -0.0196. The summed E-state index contributed by atoms with van der Waals surface area (Å²) in [5.74, 6) is 0.374. The van der Waals surface area contributed by atoms with E-state index in [0.29, 0.717) is 18.5 Å². The van der Waals surface area contributed by atoms with E-state index in [4.69, 9.17) is 0 Å². The molecule has 6 heteroatoms. The molecule has 0 spiro atoms. The molecule has 3 heterocycles. The first-order valence-electron chi connectivity index (χ1n) is 9.63. The molecule has 3 aromatic rings. The molecule has 0 bridgehead atoms. The number of nitrogens with zero attached hydrogens (tertiary/aromatic N) is 4. The van der Waals surface area contributed by atoms with E-state index in [0.717, 1.165) is 29.7 Å². The summed E-state index contributed by atoms with van der Waals surface area (Å²) in [6.07, 6.45) is 4.28. The zero-order valence-corrected chi connectivity index (χ0v) is 16.2. The van der Waals surface area contributed by atoms with Gasteiger partial charge >= 0.3 is 0 Å². The van der Waals surface area contributed by atoms with Crippen LogP contribution < -0.4 is 0 Å². The SMILES string of the molecule is CCN1CC(CN(C)C(=O)c2ccc(-c3cnn4ccccc34)cc2)CC1=O. The van der Waals surface area contributed by atoms with Gasteiger partial charge in [0.05, 0.1) is 11.7 Å². The van der Waals surface area contributed by atoms with Gasteiger partial charge in [0, 0.05) is 56.3 Å². The standard InChI is InChI=1S/C22H24N4O2/c1-3-25-15-16(12-21(25)27)14-24(2)22(28)18-9-7-17(8-10-18)19-13-23-26-11-5-4-6-20(19)26/h4-11,13,16H,3,12,14-15H2,1-2H3. The van der Waals surface area contributed by atoms with Gasteiger partial charge in [-0.25, -0.2) is 4.52 Å². The predicted molar refractivity (Wildman–Crippen MR) is 108 cm³/mol. The highest BCUT2D eigenvalue weighted by Gasteiger charge is 2.30. The second-order valence-corrected chi connectivity index (χ2v) is 7.35. The number of likely N-dealkylation sites (tertiary alicyclic amines) is 1. The number of hydrogen-bond acceptors (Lipinski definition) is 3. The monoisotopic (exact) mass is 376 g/mol. The van der Waals surface area contributed by atoms with Gasteiger partial charge in [-0.3, -0.25) is 9.59 Å². The van der Waals surface area contributed by atoms with E-state index < -0.39 is 0 Å². The van der Waals surface area contributed by atoms with Crippen LogP contribution >= 0.6 is 0 Å². The number of carbonyl (C=O) groups excluding carboxylic acids is 2. The molecule has 2 aromatic heterocycles. The maximum atomic E-state index is 12.8. The molecule has 0 N–H and O–H groups in total. The molecule has 0 radical (unpaired) electrons. The van der Waals surface area contributed by atoms with Crippen molar-refractivity contribution < 1.29 is 9.59 Å². The van der Waals surface area contributed by atoms with Crippen LogP contribution in [0.2, 0.25) is 0 Å². The molecule has 0 aliphatic carbocycles. The van der Waals surface area contributed by atoms with Gasteiger partial charge in [0.15, 0.2) is 0 Å². The molecule has 1 saturated heterocycles. The first-order valence-corrected chi connectivity index (χ1v) is 9.63. The maximum absolute atomic E-state index is 12.8. The topological polar surface area (TPSA) is 57.9 Å². The molecule has 1 aliphatic heterocycles. The van der Waals surface area contributed by atoms with Crippen molar-refractivity contribution in [3.8, 4) is 11.1 Å². The lowest BCUT2D eigenvalue weighted by Crippen LogP contribution is -2.33. The van der Waals surface area contributed by atoms with Gasteiger partial charge in [-0.1, -0.05) is 18.2 Å². The van der Waals surface area contributed by atoms with Crippen LogP contribution in [0.3, 0.4) is 0 Å². The zero-order valence-electron chi connectivity index (χ0n) is 16.2. The van der Waals surface area contributed by atoms with E-state index in [-0.39, 0.29) is 17.7 Å². The smallest absolute Gasteiger partial charge is 0.253 e. The van der Waals surface area contributed by atoms with Crippen LogP contribution in [0.25, 0.3) is 16.6 Å². The van der Waals surface area contributed by atoms with Crippen LogP contribution in [0.4, 0.5) is 0 Å². The number of aromatic nitrogens is 2. The first kappa shape index (κ1) is 18.2. The van der Waals surface area contributed by atoms with Crippen molar-refractivity contribution in [2.24, 2.45) is 5.92 Å². The summed E-state index contributed by atoms with van der Waals surface area (Å²) in [6.45, 7) is 4.05. The van der Waals surface area contributed by atoms with E-state index in [1.54, 1.807) is 11.9 Å². The van der Waals surface area contributed by atoms with Crippen LogP contribution in [-0.2, 0) is 4.79 Å². The summed E-state index contributed by atoms with van der Waals surface area (Å²) >= 11 is 0. The Labute approximate surface area is 164 Å². The van der Waals surface area contributed by atoms with E-state index in [1.165, 1.54) is 0 Å². The Morgan fingerprint density at radius 1 is 1.21 bits per heavy atom. The fraction of sp³-hybridized carbons (Fsp3) is 0.318. The number of hydrogen-bond donors (Lipinski definition) is 0. The highest BCUT2D eigenvalue weighted by atomic mass is 16.2. The van der Waals surface area contributed by atoms with Crippen molar-refractivity contribution in [1.82, 2.24) is 19.4 Å². The lowest BCUT2D eigenvalue weighted by molar-refractivity contribution is -0.127. The largest absolute Gasteiger partial charge is 0.343 e. The molecule has 0 saturated carbocycles. The molecular formula is C22H24N4O2. The molecule has 6 nitrogen and oxygen atoms in total. The van der Waals surface area contributed by atoms with Crippen molar-refractivity contribution in [3.63, 3.8) is 0 Å². The van der Waals surface area contributed by atoms with E-state index in [2.05, 4.69) is 5.10 Å². The van der Waals surface area contributed by atoms with Crippen molar-refractivity contribution in [2.45, 2.75) is 13.3 Å². The summed E-state index contributed by atoms with van der Waals surface area (Å²) in [6, 6.07) is 13.6. The van der Waals surface area contributed by atoms with E-state index in [1.807, 2.05) is 71.2 Å². The lowest BCUT2D eigenvalue weighted by Gasteiger charge is -2.21. The van der Waals surface area contributed by atoms with Gasteiger partial charge in [-0.05, 0) is 36.8 Å². The maximum Gasteiger partial charge on any atom is 0.253 e. The second-order valence-electron chi connectivity index (χ2n) is 7.35. The average molecular weight is 376 g/mol. The summed E-state index contributed by atoms with van der Waals surface area (Å²) in [5, 5.41) is 4.37. The van der Waals surface area contributed by atoms with E-state index >= 15 is 0 Å². The Morgan fingerprint density at radius 2 is 2.00 bits per heavy atom. The molecule has 4 rings (SSSR count). The second kappa shape index (κ2) is 7.46. The molecule has 2 amide bonds. The average Bonchev–Trinajstić information content (AvgIpc) is 3.30. The predicted octanol–water partition coefficient (Wildman–Crippen LogP) is 2.94. The number of amides is 2. The molecule has 28 heavy (non-hydrogen) atoms. The van der Waals surface area contributed by atoms with Crippen LogP contribution in [0.5, 0.6) is 0 Å². The number of rotatable bonds is 5. The van der Waals surface area contributed by atoms with Crippen LogP contribution in [0.15, 0.2) is 54.9 Å². The number of fused-ring (bicyclic) bond motifs is 1. The molecule has 144 valence electrons. The summed E-state index contributed by atoms with van der Waals surface area (Å²) in [7, 11) is 1.81. The fourth-order valence-electron chi connectivity index (χ4n) is 3.92. The normalized spacial score (nSPS) is 16.7. The number of benzene rings is 1. The summed E-state index contributed by atoms with van der Waals surface area (Å²) in [5.41, 5.74) is 3.75. The summed E-state index contributed by atoms with van der Waals surface area (Å²) in [4.78, 5) is 28.3. The molecular weight excluding hydrogens is 352 g/mol. The van der Waals surface area contributed by atoms with Crippen molar-refractivity contribution in [2.75, 3.05) is 26.7 Å². The van der Waals surface area contributed by atoms with Gasteiger partial charge in [0.1, 0.15) is 0 Å². The Balaban J connectivity index is 1.46. The Bertz CT molecular complexity index is 1010. The van der Waals surface area contributed by atoms with Gasteiger partial charge in [0.2, 0.25) is 5.91 Å². The first-order chi connectivity index (χ1) is 13.6. The molecule has 1 atom stereocenters. The van der Waals surface area contributed by atoms with Crippen molar-refractivity contribution >= 4 is 17.3 Å². The molecule has 1 unspecified atom stereocenters. The third kappa shape index (κ3) is 3.38. The molecule has 1 aromatic carbocycles. The Morgan fingerprint density at radius 3 is 2.71 bits per heavy atom. The molecule has 1 fully saturated rings. The Kier molecular flexibility index (Phi) is 4.86. The number of carbonyl (C=O) groups is 2. The van der Waals surface area contributed by atoms with Crippen LogP contribution in [0.1, 0.15) is 23.7 Å². The quantitative estimate of drug-likeness (QED) is 0.688. The lowest BCUT2D eigenvalue weighted by atomic mass is 10.0. The van der Waals surface area contributed by atoms with Gasteiger partial charge in [-0.15, -0.1) is 0 Å².